The van der Waals surface area contributed by atoms with Crippen LogP contribution in [0.5, 0.6) is 0 Å². The molecular formula is C21H32N6O2. The lowest BCUT2D eigenvalue weighted by Crippen LogP contribution is -2.40. The maximum absolute atomic E-state index is 11.6. The lowest BCUT2D eigenvalue weighted by atomic mass is 10.2. The monoisotopic (exact) mass is 400 g/mol. The van der Waals surface area contributed by atoms with Crippen molar-refractivity contribution in [2.24, 2.45) is 4.99 Å². The van der Waals surface area contributed by atoms with Crippen molar-refractivity contribution in [3.05, 3.63) is 48.3 Å². The van der Waals surface area contributed by atoms with E-state index in [1.54, 1.807) is 7.05 Å². The summed E-state index contributed by atoms with van der Waals surface area (Å²) in [5.41, 5.74) is 1.72. The van der Waals surface area contributed by atoms with Gasteiger partial charge in [-0.1, -0.05) is 18.2 Å². The summed E-state index contributed by atoms with van der Waals surface area (Å²) in [7, 11) is 1.74. The van der Waals surface area contributed by atoms with E-state index in [1.165, 1.54) is 0 Å². The Balaban J connectivity index is 1.62. The summed E-state index contributed by atoms with van der Waals surface area (Å²) in [6.45, 7) is 7.51. The Kier molecular flexibility index (Phi) is 8.51. The van der Waals surface area contributed by atoms with Crippen LogP contribution in [-0.4, -0.2) is 54.1 Å². The summed E-state index contributed by atoms with van der Waals surface area (Å²) < 4.78 is 7.07. The molecule has 0 radical (unpaired) electrons. The molecule has 1 aromatic heterocycles. The molecule has 158 valence electrons. The zero-order valence-electron chi connectivity index (χ0n) is 17.7. The van der Waals surface area contributed by atoms with E-state index >= 15 is 0 Å². The number of para-hydroxylation sites is 1. The van der Waals surface area contributed by atoms with E-state index in [1.807, 2.05) is 68.2 Å². The van der Waals surface area contributed by atoms with Gasteiger partial charge in [0.15, 0.2) is 5.96 Å². The van der Waals surface area contributed by atoms with Gasteiger partial charge >= 0.3 is 6.09 Å². The Bertz CT molecular complexity index is 780. The summed E-state index contributed by atoms with van der Waals surface area (Å²) in [6, 6.07) is 10.0. The van der Waals surface area contributed by atoms with E-state index < -0.39 is 11.7 Å². The van der Waals surface area contributed by atoms with Crippen LogP contribution in [0, 0.1) is 0 Å². The van der Waals surface area contributed by atoms with Gasteiger partial charge in [-0.3, -0.25) is 4.99 Å². The van der Waals surface area contributed by atoms with Gasteiger partial charge in [0.1, 0.15) is 5.60 Å². The number of nitrogens with one attached hydrogen (secondary N) is 3. The number of carbonyl (C=O) groups is 1. The third kappa shape index (κ3) is 8.68. The molecule has 3 N–H and O–H groups in total. The molecule has 8 heteroatoms. The zero-order chi connectivity index (χ0) is 21.1. The molecule has 0 aliphatic carbocycles. The molecule has 0 saturated carbocycles. The number of ether oxygens (including phenoxy) is 1. The van der Waals surface area contributed by atoms with Gasteiger partial charge in [-0.15, -0.1) is 0 Å². The van der Waals surface area contributed by atoms with E-state index in [4.69, 9.17) is 4.74 Å². The Morgan fingerprint density at radius 3 is 2.48 bits per heavy atom. The average molecular weight is 401 g/mol. The fourth-order valence-corrected chi connectivity index (χ4v) is 2.56. The van der Waals surface area contributed by atoms with Gasteiger partial charge in [0.25, 0.3) is 0 Å². The van der Waals surface area contributed by atoms with E-state index in [-0.39, 0.29) is 0 Å². The molecule has 2 rings (SSSR count). The van der Waals surface area contributed by atoms with Crippen LogP contribution in [-0.2, 0) is 11.2 Å². The van der Waals surface area contributed by atoms with Crippen molar-refractivity contribution in [2.45, 2.75) is 39.2 Å². The molecule has 0 aliphatic rings. The summed E-state index contributed by atoms with van der Waals surface area (Å²) in [5.74, 6) is 0.734. The van der Waals surface area contributed by atoms with Gasteiger partial charge in [0.2, 0.25) is 0 Å². The molecule has 1 heterocycles. The van der Waals surface area contributed by atoms with E-state index in [9.17, 15) is 4.79 Å². The average Bonchev–Trinajstić information content (AvgIpc) is 3.14. The summed E-state index contributed by atoms with van der Waals surface area (Å²) in [6.07, 6.45) is 5.14. The van der Waals surface area contributed by atoms with E-state index in [0.29, 0.717) is 13.1 Å². The molecule has 0 spiro atoms. The van der Waals surface area contributed by atoms with Gasteiger partial charge in [-0.25, -0.2) is 9.48 Å². The standard InChI is InChI=1S/C21H32N6O2/c1-21(2,3)29-20(28)25-13-8-12-23-19(22-4)24-14-11-17-15-26-27(16-17)18-9-6-5-7-10-18/h5-7,9-10,15-16H,8,11-14H2,1-4H3,(H,25,28)(H2,22,23,24). The molecule has 0 aliphatic heterocycles. The topological polar surface area (TPSA) is 92.6 Å². The first-order valence-electron chi connectivity index (χ1n) is 9.88. The van der Waals surface area contributed by atoms with Crippen molar-refractivity contribution in [1.29, 1.82) is 0 Å². The van der Waals surface area contributed by atoms with Crippen molar-refractivity contribution in [1.82, 2.24) is 25.7 Å². The van der Waals surface area contributed by atoms with Crippen molar-refractivity contribution in [3.8, 4) is 5.69 Å². The molecule has 0 saturated heterocycles. The highest BCUT2D eigenvalue weighted by Crippen LogP contribution is 2.08. The first kappa shape index (κ1) is 22.3. The molecule has 0 bridgehead atoms. The van der Waals surface area contributed by atoms with Crippen LogP contribution in [0.15, 0.2) is 47.7 Å². The largest absolute Gasteiger partial charge is 0.444 e. The SMILES string of the molecule is CN=C(NCCCNC(=O)OC(C)(C)C)NCCc1cnn(-c2ccccc2)c1. The maximum Gasteiger partial charge on any atom is 0.407 e. The van der Waals surface area contributed by atoms with E-state index in [0.717, 1.165) is 36.6 Å². The highest BCUT2D eigenvalue weighted by molar-refractivity contribution is 5.79. The van der Waals surface area contributed by atoms with Crippen LogP contribution >= 0.6 is 0 Å². The number of aliphatic imine (C=N–C) groups is 1. The van der Waals surface area contributed by atoms with Crippen LogP contribution in [0.1, 0.15) is 32.8 Å². The van der Waals surface area contributed by atoms with Crippen LogP contribution in [0.4, 0.5) is 4.79 Å². The molecule has 0 fully saturated rings. The lowest BCUT2D eigenvalue weighted by molar-refractivity contribution is 0.0527. The zero-order valence-corrected chi connectivity index (χ0v) is 17.7. The number of carbonyl (C=O) groups excluding carboxylic acids is 1. The molecule has 29 heavy (non-hydrogen) atoms. The molecular weight excluding hydrogens is 368 g/mol. The van der Waals surface area contributed by atoms with Gasteiger partial charge in [0.05, 0.1) is 11.9 Å². The fourth-order valence-electron chi connectivity index (χ4n) is 2.56. The maximum atomic E-state index is 11.6. The number of benzene rings is 1. The van der Waals surface area contributed by atoms with Gasteiger partial charge in [0, 0.05) is 32.9 Å². The lowest BCUT2D eigenvalue weighted by Gasteiger charge is -2.19. The van der Waals surface area contributed by atoms with Crippen LogP contribution in [0.25, 0.3) is 5.69 Å². The highest BCUT2D eigenvalue weighted by Gasteiger charge is 2.15. The normalized spacial score (nSPS) is 11.8. The summed E-state index contributed by atoms with van der Waals surface area (Å²) in [4.78, 5) is 15.8. The minimum absolute atomic E-state index is 0.393. The number of hydrogen-bond acceptors (Lipinski definition) is 4. The summed E-state index contributed by atoms with van der Waals surface area (Å²) in [5, 5.41) is 13.7. The van der Waals surface area contributed by atoms with Gasteiger partial charge in [-0.05, 0) is 51.3 Å². The number of amides is 1. The molecule has 8 nitrogen and oxygen atoms in total. The van der Waals surface area contributed by atoms with Crippen molar-refractivity contribution < 1.29 is 9.53 Å². The number of nitrogens with zero attached hydrogens (tertiary/aromatic N) is 3. The summed E-state index contributed by atoms with van der Waals surface area (Å²) >= 11 is 0. The Morgan fingerprint density at radius 1 is 1.10 bits per heavy atom. The van der Waals surface area contributed by atoms with Crippen molar-refractivity contribution in [2.75, 3.05) is 26.7 Å². The predicted octanol–water partition coefficient (Wildman–Crippen LogP) is 2.49. The smallest absolute Gasteiger partial charge is 0.407 e. The van der Waals surface area contributed by atoms with Gasteiger partial charge in [-0.2, -0.15) is 5.10 Å². The van der Waals surface area contributed by atoms with Gasteiger partial charge < -0.3 is 20.7 Å². The second-order valence-electron chi connectivity index (χ2n) is 7.59. The van der Waals surface area contributed by atoms with Crippen LogP contribution < -0.4 is 16.0 Å². The Morgan fingerprint density at radius 2 is 1.79 bits per heavy atom. The molecule has 0 unspecified atom stereocenters. The van der Waals surface area contributed by atoms with Crippen molar-refractivity contribution in [3.63, 3.8) is 0 Å². The number of rotatable bonds is 8. The number of aromatic nitrogens is 2. The first-order valence-corrected chi connectivity index (χ1v) is 9.88. The van der Waals surface area contributed by atoms with Crippen LogP contribution in [0.3, 0.4) is 0 Å². The number of guanidine groups is 1. The Hall–Kier alpha value is -3.03. The number of hydrogen-bond donors (Lipinski definition) is 3. The quantitative estimate of drug-likeness (QED) is 0.360. The fraction of sp³-hybridized carbons (Fsp3) is 0.476. The highest BCUT2D eigenvalue weighted by atomic mass is 16.6. The second kappa shape index (κ2) is 11.1. The molecule has 1 aromatic carbocycles. The third-order valence-electron chi connectivity index (χ3n) is 3.90. The minimum atomic E-state index is -0.480. The molecule has 2 aromatic rings. The second-order valence-corrected chi connectivity index (χ2v) is 7.59. The minimum Gasteiger partial charge on any atom is -0.444 e. The van der Waals surface area contributed by atoms with Crippen LogP contribution in [0.2, 0.25) is 0 Å². The first-order chi connectivity index (χ1) is 13.9. The molecule has 1 amide bonds. The van der Waals surface area contributed by atoms with E-state index in [2.05, 4.69) is 26.0 Å². The molecule has 0 atom stereocenters. The Labute approximate surface area is 172 Å². The number of alkyl carbamates (subject to hydrolysis) is 1. The third-order valence-corrected chi connectivity index (χ3v) is 3.90. The van der Waals surface area contributed by atoms with Crippen molar-refractivity contribution >= 4 is 12.1 Å². The predicted molar refractivity (Wildman–Crippen MR) is 115 cm³/mol.